The Morgan fingerprint density at radius 2 is 2.15 bits per heavy atom. The summed E-state index contributed by atoms with van der Waals surface area (Å²) in [6, 6.07) is 4.48. The van der Waals surface area contributed by atoms with Crippen LogP contribution in [0.5, 0.6) is 0 Å². The van der Waals surface area contributed by atoms with Crippen LogP contribution in [0.4, 0.5) is 0 Å². The molecule has 2 unspecified atom stereocenters. The van der Waals surface area contributed by atoms with Gasteiger partial charge in [-0.25, -0.2) is 0 Å². The zero-order chi connectivity index (χ0) is 14.8. The minimum atomic E-state index is -0.0520. The van der Waals surface area contributed by atoms with E-state index in [1.54, 1.807) is 0 Å². The maximum Gasteiger partial charge on any atom is 0.0613 e. The van der Waals surface area contributed by atoms with Crippen LogP contribution in [0.1, 0.15) is 63.1 Å². The minimum absolute atomic E-state index is 0.0520. The van der Waals surface area contributed by atoms with Crippen LogP contribution in [0.2, 0.25) is 0 Å². The molecule has 2 N–H and O–H groups in total. The van der Waals surface area contributed by atoms with E-state index in [4.69, 9.17) is 0 Å². The largest absolute Gasteiger partial charge is 0.394 e. The average molecular weight is 295 g/mol. The Labute approximate surface area is 127 Å². The molecule has 1 fully saturated rings. The van der Waals surface area contributed by atoms with E-state index in [0.29, 0.717) is 0 Å². The number of hydrogen-bond acceptors (Lipinski definition) is 3. The summed E-state index contributed by atoms with van der Waals surface area (Å²) in [4.78, 5) is 2.81. The van der Waals surface area contributed by atoms with Gasteiger partial charge >= 0.3 is 0 Å². The minimum Gasteiger partial charge on any atom is -0.394 e. The first-order valence-corrected chi connectivity index (χ1v) is 8.61. The highest BCUT2D eigenvalue weighted by atomic mass is 32.1. The zero-order valence-corrected chi connectivity index (χ0v) is 14.1. The van der Waals surface area contributed by atoms with Crippen LogP contribution in [0.25, 0.3) is 0 Å². The molecule has 0 radical (unpaired) electrons. The molecule has 0 aliphatic heterocycles. The van der Waals surface area contributed by atoms with Crippen LogP contribution in [0, 0.1) is 5.92 Å². The van der Waals surface area contributed by atoms with Gasteiger partial charge in [-0.2, -0.15) is 0 Å². The van der Waals surface area contributed by atoms with E-state index in [9.17, 15) is 5.11 Å². The van der Waals surface area contributed by atoms with E-state index in [1.807, 2.05) is 11.3 Å². The van der Waals surface area contributed by atoms with Crippen LogP contribution in [0.15, 0.2) is 12.1 Å². The number of rotatable bonds is 4. The highest BCUT2D eigenvalue weighted by Gasteiger charge is 2.33. The van der Waals surface area contributed by atoms with Crippen molar-refractivity contribution >= 4 is 11.3 Å². The summed E-state index contributed by atoms with van der Waals surface area (Å²) in [7, 11) is 0. The fourth-order valence-electron chi connectivity index (χ4n) is 3.17. The smallest absolute Gasteiger partial charge is 0.0613 e. The normalized spacial score (nSPS) is 27.8. The van der Waals surface area contributed by atoms with Crippen molar-refractivity contribution in [3.05, 3.63) is 21.9 Å². The number of aliphatic hydroxyl groups excluding tert-OH is 1. The summed E-state index contributed by atoms with van der Waals surface area (Å²) < 4.78 is 0. The maximum absolute atomic E-state index is 9.81. The summed E-state index contributed by atoms with van der Waals surface area (Å²) in [6.07, 6.45) is 4.73. The van der Waals surface area contributed by atoms with Gasteiger partial charge in [0.2, 0.25) is 0 Å². The number of hydrogen-bond donors (Lipinski definition) is 2. The molecule has 20 heavy (non-hydrogen) atoms. The predicted octanol–water partition coefficient (Wildman–Crippen LogP) is 4.08. The van der Waals surface area contributed by atoms with Gasteiger partial charge < -0.3 is 10.4 Å². The molecular formula is C17H29NOS. The Hall–Kier alpha value is -0.380. The van der Waals surface area contributed by atoms with Crippen molar-refractivity contribution in [2.45, 2.75) is 70.9 Å². The van der Waals surface area contributed by atoms with Gasteiger partial charge in [-0.1, -0.05) is 40.5 Å². The van der Waals surface area contributed by atoms with Gasteiger partial charge in [-0.15, -0.1) is 11.3 Å². The molecule has 114 valence electrons. The molecule has 2 nitrogen and oxygen atoms in total. The van der Waals surface area contributed by atoms with Gasteiger partial charge in [0.1, 0.15) is 0 Å². The van der Waals surface area contributed by atoms with Crippen LogP contribution in [0.3, 0.4) is 0 Å². The third-order valence-corrected chi connectivity index (χ3v) is 5.94. The molecule has 1 aliphatic rings. The van der Waals surface area contributed by atoms with E-state index in [0.717, 1.165) is 25.3 Å². The summed E-state index contributed by atoms with van der Waals surface area (Å²) in [6.45, 7) is 10.2. The molecule has 1 aromatic rings. The highest BCUT2D eigenvalue weighted by Crippen LogP contribution is 2.33. The monoisotopic (exact) mass is 295 g/mol. The van der Waals surface area contributed by atoms with Gasteiger partial charge in [0.05, 0.1) is 6.61 Å². The quantitative estimate of drug-likeness (QED) is 0.877. The lowest BCUT2D eigenvalue weighted by molar-refractivity contribution is 0.0985. The third kappa shape index (κ3) is 3.84. The summed E-state index contributed by atoms with van der Waals surface area (Å²) in [5.41, 5.74) is 0.181. The van der Waals surface area contributed by atoms with E-state index in [-0.39, 0.29) is 17.6 Å². The predicted molar refractivity (Wildman–Crippen MR) is 87.3 cm³/mol. The van der Waals surface area contributed by atoms with E-state index >= 15 is 0 Å². The summed E-state index contributed by atoms with van der Waals surface area (Å²) in [5.74, 6) is 0.719. The fourth-order valence-corrected chi connectivity index (χ4v) is 4.18. The van der Waals surface area contributed by atoms with E-state index in [2.05, 4.69) is 45.1 Å². The lowest BCUT2D eigenvalue weighted by Gasteiger charge is -2.39. The van der Waals surface area contributed by atoms with Crippen molar-refractivity contribution in [2.75, 3.05) is 6.61 Å². The SMILES string of the molecule is CC1CCCC(CO)(NCc2ccc(C(C)(C)C)s2)C1. The summed E-state index contributed by atoms with van der Waals surface area (Å²) >= 11 is 1.89. The average Bonchev–Trinajstić information content (AvgIpc) is 2.85. The zero-order valence-electron chi connectivity index (χ0n) is 13.3. The second-order valence-electron chi connectivity index (χ2n) is 7.51. The third-order valence-electron chi connectivity index (χ3n) is 4.43. The maximum atomic E-state index is 9.81. The molecule has 0 spiro atoms. The Bertz CT molecular complexity index is 434. The number of thiophene rings is 1. The van der Waals surface area contributed by atoms with Gasteiger partial charge in [-0.3, -0.25) is 0 Å². The fraction of sp³-hybridized carbons (Fsp3) is 0.765. The Balaban J connectivity index is 1.98. The second-order valence-corrected chi connectivity index (χ2v) is 8.68. The molecule has 3 heteroatoms. The van der Waals surface area contributed by atoms with Crippen molar-refractivity contribution < 1.29 is 5.11 Å². The van der Waals surface area contributed by atoms with Gasteiger partial charge in [0.25, 0.3) is 0 Å². The Kier molecular flexibility index (Phi) is 4.93. The van der Waals surface area contributed by atoms with Gasteiger partial charge in [0, 0.05) is 21.8 Å². The van der Waals surface area contributed by atoms with Crippen molar-refractivity contribution in [3.8, 4) is 0 Å². The first-order valence-electron chi connectivity index (χ1n) is 7.80. The van der Waals surface area contributed by atoms with E-state index < -0.39 is 0 Å². The van der Waals surface area contributed by atoms with Crippen LogP contribution in [-0.2, 0) is 12.0 Å². The molecular weight excluding hydrogens is 266 g/mol. The summed E-state index contributed by atoms with van der Waals surface area (Å²) in [5, 5.41) is 13.5. The van der Waals surface area contributed by atoms with E-state index in [1.165, 1.54) is 22.6 Å². The van der Waals surface area contributed by atoms with Crippen LogP contribution >= 0.6 is 11.3 Å². The number of nitrogens with one attached hydrogen (secondary N) is 1. The Morgan fingerprint density at radius 3 is 2.70 bits per heavy atom. The Morgan fingerprint density at radius 1 is 1.40 bits per heavy atom. The van der Waals surface area contributed by atoms with Crippen molar-refractivity contribution in [1.29, 1.82) is 0 Å². The highest BCUT2D eigenvalue weighted by molar-refractivity contribution is 7.12. The van der Waals surface area contributed by atoms with Crippen molar-refractivity contribution in [3.63, 3.8) is 0 Å². The molecule has 2 rings (SSSR count). The molecule has 0 aromatic carbocycles. The first kappa shape index (κ1) is 16.0. The van der Waals surface area contributed by atoms with Crippen LogP contribution < -0.4 is 5.32 Å². The molecule has 0 bridgehead atoms. The van der Waals surface area contributed by atoms with Crippen LogP contribution in [-0.4, -0.2) is 17.3 Å². The standard InChI is InChI=1S/C17H29NOS/c1-13-6-5-9-17(10-13,12-19)18-11-14-7-8-15(20-14)16(2,3)4/h7-8,13,18-19H,5-6,9-12H2,1-4H3. The second kappa shape index (κ2) is 6.17. The topological polar surface area (TPSA) is 32.3 Å². The molecule has 1 aromatic heterocycles. The molecule has 0 amide bonds. The number of aliphatic hydroxyl groups is 1. The van der Waals surface area contributed by atoms with Gasteiger partial charge in [0.15, 0.2) is 0 Å². The lowest BCUT2D eigenvalue weighted by atomic mass is 9.77. The lowest BCUT2D eigenvalue weighted by Crippen LogP contribution is -2.50. The molecule has 2 atom stereocenters. The molecule has 1 aliphatic carbocycles. The first-order chi connectivity index (χ1) is 9.35. The van der Waals surface area contributed by atoms with Gasteiger partial charge in [-0.05, 0) is 36.3 Å². The van der Waals surface area contributed by atoms with Crippen molar-refractivity contribution in [1.82, 2.24) is 5.32 Å². The molecule has 1 heterocycles. The molecule has 0 saturated heterocycles. The van der Waals surface area contributed by atoms with Crippen molar-refractivity contribution in [2.24, 2.45) is 5.92 Å². The molecule has 1 saturated carbocycles.